The van der Waals surface area contributed by atoms with E-state index in [0.717, 1.165) is 30.6 Å². The van der Waals surface area contributed by atoms with Crippen molar-refractivity contribution in [2.45, 2.75) is 25.3 Å². The van der Waals surface area contributed by atoms with Crippen molar-refractivity contribution in [1.29, 1.82) is 0 Å². The zero-order valence-corrected chi connectivity index (χ0v) is 11.7. The van der Waals surface area contributed by atoms with E-state index in [1.165, 1.54) is 12.8 Å². The molecule has 0 bridgehead atoms. The largest absolute Gasteiger partial charge is 0.383 e. The fourth-order valence-electron chi connectivity index (χ4n) is 2.82. The molecule has 1 aromatic carbocycles. The Morgan fingerprint density at radius 2 is 2.24 bits per heavy atom. The zero-order valence-electron chi connectivity index (χ0n) is 11.7. The second kappa shape index (κ2) is 6.05. The van der Waals surface area contributed by atoms with Crippen LogP contribution in [-0.4, -0.2) is 29.0 Å². The van der Waals surface area contributed by atoms with Gasteiger partial charge in [-0.25, -0.2) is 0 Å². The Bertz CT molecular complexity index is 653. The minimum atomic E-state index is -0.352. The number of fused-ring (bicyclic) bond motifs is 1. The third kappa shape index (κ3) is 2.95. The molecule has 1 aromatic heterocycles. The predicted octanol–water partition coefficient (Wildman–Crippen LogP) is 2.70. The number of aromatic nitrogens is 1. The SMILES string of the molecule is O=[N+]([O-])c1ccc(NCC2CCCCN2)c2cnccc12. The number of nitrogens with zero attached hydrogens (tertiary/aromatic N) is 2. The molecule has 21 heavy (non-hydrogen) atoms. The predicted molar refractivity (Wildman–Crippen MR) is 82.5 cm³/mol. The Labute approximate surface area is 122 Å². The highest BCUT2D eigenvalue weighted by molar-refractivity contribution is 5.99. The van der Waals surface area contributed by atoms with Crippen molar-refractivity contribution in [2.75, 3.05) is 18.4 Å². The van der Waals surface area contributed by atoms with E-state index in [0.29, 0.717) is 11.4 Å². The van der Waals surface area contributed by atoms with Gasteiger partial charge < -0.3 is 10.6 Å². The van der Waals surface area contributed by atoms with E-state index in [1.807, 2.05) is 0 Å². The molecule has 110 valence electrons. The first-order chi connectivity index (χ1) is 10.3. The van der Waals surface area contributed by atoms with Gasteiger partial charge in [-0.05, 0) is 31.5 Å². The van der Waals surface area contributed by atoms with Crippen LogP contribution in [0.25, 0.3) is 10.8 Å². The monoisotopic (exact) mass is 286 g/mol. The quantitative estimate of drug-likeness (QED) is 0.667. The number of hydrogen-bond donors (Lipinski definition) is 2. The van der Waals surface area contributed by atoms with Crippen molar-refractivity contribution in [3.05, 3.63) is 40.7 Å². The average Bonchev–Trinajstić information content (AvgIpc) is 2.53. The fourth-order valence-corrected chi connectivity index (χ4v) is 2.82. The number of rotatable bonds is 4. The van der Waals surface area contributed by atoms with E-state index < -0.39 is 0 Å². The van der Waals surface area contributed by atoms with E-state index >= 15 is 0 Å². The maximum absolute atomic E-state index is 11.1. The van der Waals surface area contributed by atoms with Gasteiger partial charge in [0.05, 0.1) is 10.3 Å². The van der Waals surface area contributed by atoms with Crippen molar-refractivity contribution in [3.8, 4) is 0 Å². The smallest absolute Gasteiger partial charge is 0.277 e. The van der Waals surface area contributed by atoms with Crippen LogP contribution in [0.1, 0.15) is 19.3 Å². The van der Waals surface area contributed by atoms with E-state index in [2.05, 4.69) is 15.6 Å². The zero-order chi connectivity index (χ0) is 14.7. The van der Waals surface area contributed by atoms with Crippen LogP contribution in [0.2, 0.25) is 0 Å². The van der Waals surface area contributed by atoms with Crippen molar-refractivity contribution >= 4 is 22.1 Å². The summed E-state index contributed by atoms with van der Waals surface area (Å²) in [5, 5.41) is 19.4. The first-order valence-electron chi connectivity index (χ1n) is 7.24. The third-order valence-corrected chi connectivity index (χ3v) is 3.94. The number of nitrogens with one attached hydrogen (secondary N) is 2. The molecule has 1 saturated heterocycles. The van der Waals surface area contributed by atoms with E-state index in [1.54, 1.807) is 30.6 Å². The summed E-state index contributed by atoms with van der Waals surface area (Å²) in [4.78, 5) is 14.8. The number of nitro benzene ring substituents is 1. The van der Waals surface area contributed by atoms with Crippen LogP contribution in [0.4, 0.5) is 11.4 Å². The lowest BCUT2D eigenvalue weighted by Gasteiger charge is -2.24. The number of pyridine rings is 1. The molecular formula is C15H18N4O2. The fraction of sp³-hybridized carbons (Fsp3) is 0.400. The summed E-state index contributed by atoms with van der Waals surface area (Å²) in [6, 6.07) is 5.47. The van der Waals surface area contributed by atoms with Gasteiger partial charge in [0.15, 0.2) is 0 Å². The van der Waals surface area contributed by atoms with Gasteiger partial charge in [0.1, 0.15) is 0 Å². The molecule has 1 unspecified atom stereocenters. The minimum Gasteiger partial charge on any atom is -0.383 e. The molecule has 6 nitrogen and oxygen atoms in total. The van der Waals surface area contributed by atoms with Gasteiger partial charge in [-0.2, -0.15) is 0 Å². The molecular weight excluding hydrogens is 268 g/mol. The molecule has 1 atom stereocenters. The Kier molecular flexibility index (Phi) is 3.96. The second-order valence-corrected chi connectivity index (χ2v) is 5.34. The summed E-state index contributed by atoms with van der Waals surface area (Å²) >= 11 is 0. The Balaban J connectivity index is 1.85. The summed E-state index contributed by atoms with van der Waals surface area (Å²) in [5.74, 6) is 0. The molecule has 1 aliphatic heterocycles. The van der Waals surface area contributed by atoms with Crippen LogP contribution < -0.4 is 10.6 Å². The lowest BCUT2D eigenvalue weighted by atomic mass is 10.0. The maximum Gasteiger partial charge on any atom is 0.277 e. The van der Waals surface area contributed by atoms with Gasteiger partial charge >= 0.3 is 0 Å². The Morgan fingerprint density at radius 3 is 3.00 bits per heavy atom. The molecule has 0 aliphatic carbocycles. The first-order valence-corrected chi connectivity index (χ1v) is 7.24. The summed E-state index contributed by atoms with van der Waals surface area (Å²) in [6.07, 6.45) is 6.92. The Morgan fingerprint density at radius 1 is 1.33 bits per heavy atom. The number of non-ortho nitro benzene ring substituents is 1. The van der Waals surface area contributed by atoms with Gasteiger partial charge in [-0.3, -0.25) is 15.1 Å². The molecule has 3 rings (SSSR count). The van der Waals surface area contributed by atoms with Crippen LogP contribution in [0, 0.1) is 10.1 Å². The average molecular weight is 286 g/mol. The number of benzene rings is 1. The second-order valence-electron chi connectivity index (χ2n) is 5.34. The van der Waals surface area contributed by atoms with Crippen LogP contribution in [0.5, 0.6) is 0 Å². The Hall–Kier alpha value is -2.21. The molecule has 0 spiro atoms. The lowest BCUT2D eigenvalue weighted by Crippen LogP contribution is -2.39. The first kappa shape index (κ1) is 13.8. The summed E-state index contributed by atoms with van der Waals surface area (Å²) in [6.45, 7) is 1.89. The highest BCUT2D eigenvalue weighted by Crippen LogP contribution is 2.30. The molecule has 0 amide bonds. The number of hydrogen-bond acceptors (Lipinski definition) is 5. The summed E-state index contributed by atoms with van der Waals surface area (Å²) < 4.78 is 0. The van der Waals surface area contributed by atoms with E-state index in [4.69, 9.17) is 0 Å². The third-order valence-electron chi connectivity index (χ3n) is 3.94. The number of anilines is 1. The van der Waals surface area contributed by atoms with Gasteiger partial charge in [-0.15, -0.1) is 0 Å². The summed E-state index contributed by atoms with van der Waals surface area (Å²) in [5.41, 5.74) is 1.02. The van der Waals surface area contributed by atoms with Gasteiger partial charge in [0.25, 0.3) is 5.69 Å². The number of piperidine rings is 1. The molecule has 2 aromatic rings. The standard InChI is InChI=1S/C15H18N4O2/c20-19(21)15-5-4-14(13-10-16-8-6-12(13)15)18-9-11-3-1-2-7-17-11/h4-6,8,10-11,17-18H,1-3,7,9H2. The van der Waals surface area contributed by atoms with E-state index in [9.17, 15) is 10.1 Å². The highest BCUT2D eigenvalue weighted by atomic mass is 16.6. The molecule has 6 heteroatoms. The van der Waals surface area contributed by atoms with Crippen LogP contribution in [0.3, 0.4) is 0 Å². The molecule has 0 saturated carbocycles. The minimum absolute atomic E-state index is 0.119. The lowest BCUT2D eigenvalue weighted by molar-refractivity contribution is -0.383. The molecule has 1 aliphatic rings. The van der Waals surface area contributed by atoms with Gasteiger partial charge in [-0.1, -0.05) is 6.42 Å². The van der Waals surface area contributed by atoms with Gasteiger partial charge in [0.2, 0.25) is 0 Å². The van der Waals surface area contributed by atoms with Gasteiger partial charge in [0, 0.05) is 42.1 Å². The molecule has 0 radical (unpaired) electrons. The van der Waals surface area contributed by atoms with E-state index in [-0.39, 0.29) is 10.6 Å². The topological polar surface area (TPSA) is 80.1 Å². The highest BCUT2D eigenvalue weighted by Gasteiger charge is 2.16. The van der Waals surface area contributed by atoms with Crippen molar-refractivity contribution in [2.24, 2.45) is 0 Å². The van der Waals surface area contributed by atoms with Crippen molar-refractivity contribution in [1.82, 2.24) is 10.3 Å². The van der Waals surface area contributed by atoms with Crippen molar-refractivity contribution < 1.29 is 4.92 Å². The molecule has 1 fully saturated rings. The van der Waals surface area contributed by atoms with Crippen LogP contribution in [-0.2, 0) is 0 Å². The van der Waals surface area contributed by atoms with Crippen LogP contribution >= 0.6 is 0 Å². The maximum atomic E-state index is 11.1. The molecule has 2 N–H and O–H groups in total. The molecule has 2 heterocycles. The van der Waals surface area contributed by atoms with Crippen LogP contribution in [0.15, 0.2) is 30.6 Å². The normalized spacial score (nSPS) is 18.6. The van der Waals surface area contributed by atoms with Crippen molar-refractivity contribution in [3.63, 3.8) is 0 Å². The summed E-state index contributed by atoms with van der Waals surface area (Å²) in [7, 11) is 0. The number of nitro groups is 1.